The van der Waals surface area contributed by atoms with Crippen LogP contribution in [-0.4, -0.2) is 5.54 Å². The van der Waals surface area contributed by atoms with E-state index in [-0.39, 0.29) is 5.54 Å². The zero-order valence-corrected chi connectivity index (χ0v) is 9.19. The fourth-order valence-electron chi connectivity index (χ4n) is 1.16. The van der Waals surface area contributed by atoms with Crippen LogP contribution in [0.3, 0.4) is 0 Å². The number of rotatable bonds is 2. The van der Waals surface area contributed by atoms with Crippen LogP contribution in [0.2, 0.25) is 0 Å². The van der Waals surface area contributed by atoms with Gasteiger partial charge in [-0.15, -0.1) is 0 Å². The van der Waals surface area contributed by atoms with Gasteiger partial charge in [0.2, 0.25) is 0 Å². The summed E-state index contributed by atoms with van der Waals surface area (Å²) in [6.45, 7) is 4.29. The Hall–Kier alpha value is -0.340. The average molecular weight is 229 g/mol. The van der Waals surface area contributed by atoms with Crippen molar-refractivity contribution in [2.75, 3.05) is 0 Å². The molecule has 0 aliphatic heterocycles. The van der Waals surface area contributed by atoms with Crippen molar-refractivity contribution in [3.8, 4) is 0 Å². The Balaban J connectivity index is 2.83. The maximum absolute atomic E-state index is 4.09. The molecule has 2 heteroatoms. The molecule has 12 heavy (non-hydrogen) atoms. The first-order valence-corrected chi connectivity index (χ1v) is 4.87. The van der Waals surface area contributed by atoms with Crippen LogP contribution < -0.4 is 5.73 Å². The standard InChI is InChI=1S/C10H14BrN/c1-10(2,12)7-8-5-3-4-6-9(8)11/h3-6H,7,12H2,1-2H3/p+1. The van der Waals surface area contributed by atoms with Gasteiger partial charge in [-0.2, -0.15) is 0 Å². The highest BCUT2D eigenvalue weighted by Gasteiger charge is 2.16. The third-order valence-electron chi connectivity index (χ3n) is 1.63. The fraction of sp³-hybridized carbons (Fsp3) is 0.400. The largest absolute Gasteiger partial charge is 0.353 e. The summed E-state index contributed by atoms with van der Waals surface area (Å²) in [6.07, 6.45) is 1.01. The number of hydrogen-bond donors (Lipinski definition) is 1. The zero-order valence-electron chi connectivity index (χ0n) is 7.60. The minimum Gasteiger partial charge on any atom is -0.353 e. The predicted octanol–water partition coefficient (Wildman–Crippen LogP) is 2.01. The molecule has 0 fully saturated rings. The monoisotopic (exact) mass is 228 g/mol. The molecule has 0 amide bonds. The van der Waals surface area contributed by atoms with Gasteiger partial charge in [-0.25, -0.2) is 0 Å². The smallest absolute Gasteiger partial charge is 0.0930 e. The van der Waals surface area contributed by atoms with Crippen LogP contribution in [0.5, 0.6) is 0 Å². The summed E-state index contributed by atoms with van der Waals surface area (Å²) >= 11 is 3.52. The van der Waals surface area contributed by atoms with Gasteiger partial charge in [0.1, 0.15) is 0 Å². The van der Waals surface area contributed by atoms with E-state index in [2.05, 4.69) is 53.7 Å². The van der Waals surface area contributed by atoms with Gasteiger partial charge in [0.15, 0.2) is 0 Å². The molecule has 0 bridgehead atoms. The van der Waals surface area contributed by atoms with E-state index in [1.165, 1.54) is 10.0 Å². The Morgan fingerprint density at radius 3 is 2.42 bits per heavy atom. The number of halogens is 1. The van der Waals surface area contributed by atoms with E-state index in [1.807, 2.05) is 6.07 Å². The highest BCUT2D eigenvalue weighted by molar-refractivity contribution is 9.10. The van der Waals surface area contributed by atoms with Gasteiger partial charge in [0.25, 0.3) is 0 Å². The summed E-state index contributed by atoms with van der Waals surface area (Å²) < 4.78 is 1.18. The third-order valence-corrected chi connectivity index (χ3v) is 2.40. The Bertz CT molecular complexity index is 263. The Morgan fingerprint density at radius 2 is 1.92 bits per heavy atom. The Kier molecular flexibility index (Phi) is 2.91. The highest BCUT2D eigenvalue weighted by atomic mass is 79.9. The molecule has 0 saturated carbocycles. The second-order valence-corrected chi connectivity index (χ2v) is 4.79. The second-order valence-electron chi connectivity index (χ2n) is 3.93. The first-order valence-electron chi connectivity index (χ1n) is 4.08. The lowest BCUT2D eigenvalue weighted by molar-refractivity contribution is -0.465. The van der Waals surface area contributed by atoms with Gasteiger partial charge in [-0.3, -0.25) is 0 Å². The zero-order chi connectivity index (χ0) is 9.19. The minimum absolute atomic E-state index is 0.115. The third kappa shape index (κ3) is 2.95. The van der Waals surface area contributed by atoms with Crippen molar-refractivity contribution in [2.45, 2.75) is 25.8 Å². The molecule has 1 aromatic rings. The van der Waals surface area contributed by atoms with E-state index in [4.69, 9.17) is 0 Å². The van der Waals surface area contributed by atoms with Crippen LogP contribution in [0.15, 0.2) is 28.7 Å². The minimum atomic E-state index is 0.115. The molecule has 0 heterocycles. The molecule has 1 rings (SSSR count). The van der Waals surface area contributed by atoms with E-state index in [1.54, 1.807) is 0 Å². The van der Waals surface area contributed by atoms with Gasteiger partial charge >= 0.3 is 0 Å². The molecule has 0 spiro atoms. The lowest BCUT2D eigenvalue weighted by Crippen LogP contribution is -2.70. The van der Waals surface area contributed by atoms with Crippen molar-refractivity contribution in [1.82, 2.24) is 0 Å². The first-order chi connectivity index (χ1) is 5.49. The summed E-state index contributed by atoms with van der Waals surface area (Å²) in [6, 6.07) is 8.30. The van der Waals surface area contributed by atoms with Crippen molar-refractivity contribution in [1.29, 1.82) is 0 Å². The maximum atomic E-state index is 4.09. The summed E-state index contributed by atoms with van der Waals surface area (Å²) in [7, 11) is 0. The molecular weight excluding hydrogens is 214 g/mol. The van der Waals surface area contributed by atoms with Crippen molar-refractivity contribution in [3.05, 3.63) is 34.3 Å². The number of hydrogen-bond acceptors (Lipinski definition) is 0. The predicted molar refractivity (Wildman–Crippen MR) is 54.8 cm³/mol. The number of quaternary nitrogens is 1. The van der Waals surface area contributed by atoms with E-state index in [9.17, 15) is 0 Å². The van der Waals surface area contributed by atoms with Gasteiger partial charge in [0, 0.05) is 10.9 Å². The van der Waals surface area contributed by atoms with Crippen LogP contribution in [0.4, 0.5) is 0 Å². The molecule has 1 nitrogen and oxygen atoms in total. The maximum Gasteiger partial charge on any atom is 0.0930 e. The SMILES string of the molecule is CC(C)([NH3+])Cc1ccccc1Br. The van der Waals surface area contributed by atoms with E-state index < -0.39 is 0 Å². The van der Waals surface area contributed by atoms with Crippen molar-refractivity contribution in [3.63, 3.8) is 0 Å². The van der Waals surface area contributed by atoms with E-state index in [0.717, 1.165) is 6.42 Å². The molecule has 3 N–H and O–H groups in total. The lowest BCUT2D eigenvalue weighted by Gasteiger charge is -2.15. The first kappa shape index (κ1) is 9.75. The average Bonchev–Trinajstić information content (AvgIpc) is 1.91. The highest BCUT2D eigenvalue weighted by Crippen LogP contribution is 2.19. The quantitative estimate of drug-likeness (QED) is 0.803. The number of benzene rings is 1. The van der Waals surface area contributed by atoms with Crippen LogP contribution in [-0.2, 0) is 6.42 Å². The van der Waals surface area contributed by atoms with E-state index >= 15 is 0 Å². The Morgan fingerprint density at radius 1 is 1.33 bits per heavy atom. The lowest BCUT2D eigenvalue weighted by atomic mass is 9.96. The topological polar surface area (TPSA) is 27.6 Å². The normalized spacial score (nSPS) is 11.7. The van der Waals surface area contributed by atoms with Crippen molar-refractivity contribution < 1.29 is 5.73 Å². The molecule has 66 valence electrons. The van der Waals surface area contributed by atoms with Crippen molar-refractivity contribution >= 4 is 15.9 Å². The van der Waals surface area contributed by atoms with Gasteiger partial charge in [-0.1, -0.05) is 34.1 Å². The van der Waals surface area contributed by atoms with Crippen LogP contribution >= 0.6 is 15.9 Å². The summed E-state index contributed by atoms with van der Waals surface area (Å²) in [5, 5.41) is 0. The van der Waals surface area contributed by atoms with Crippen LogP contribution in [0.25, 0.3) is 0 Å². The molecule has 0 atom stereocenters. The molecule has 0 aliphatic carbocycles. The Labute approximate surface area is 82.1 Å². The van der Waals surface area contributed by atoms with Gasteiger partial charge < -0.3 is 5.73 Å². The van der Waals surface area contributed by atoms with E-state index in [0.29, 0.717) is 0 Å². The molecule has 0 aliphatic rings. The molecule has 0 radical (unpaired) electrons. The molecule has 0 saturated heterocycles. The second kappa shape index (κ2) is 3.58. The molecule has 1 aromatic carbocycles. The van der Waals surface area contributed by atoms with Crippen molar-refractivity contribution in [2.24, 2.45) is 0 Å². The summed E-state index contributed by atoms with van der Waals surface area (Å²) in [4.78, 5) is 0. The molecule has 0 unspecified atom stereocenters. The van der Waals surface area contributed by atoms with Gasteiger partial charge in [0.05, 0.1) is 5.54 Å². The summed E-state index contributed by atoms with van der Waals surface area (Å²) in [5.41, 5.74) is 5.53. The molecular formula is C10H15BrN+. The van der Waals surface area contributed by atoms with Gasteiger partial charge in [-0.05, 0) is 25.5 Å². The van der Waals surface area contributed by atoms with Crippen LogP contribution in [0, 0.1) is 0 Å². The molecule has 0 aromatic heterocycles. The van der Waals surface area contributed by atoms with Crippen LogP contribution in [0.1, 0.15) is 19.4 Å². The summed E-state index contributed by atoms with van der Waals surface area (Å²) in [5.74, 6) is 0. The fourth-order valence-corrected chi connectivity index (χ4v) is 1.58.